The fourth-order valence-electron chi connectivity index (χ4n) is 3.56. The van der Waals surface area contributed by atoms with E-state index in [0.717, 1.165) is 12.8 Å². The van der Waals surface area contributed by atoms with E-state index in [4.69, 9.17) is 14.2 Å². The topological polar surface area (TPSA) is 105 Å². The minimum Gasteiger partial charge on any atom is -0.494 e. The van der Waals surface area contributed by atoms with Gasteiger partial charge in [-0.1, -0.05) is 45.4 Å². The summed E-state index contributed by atoms with van der Waals surface area (Å²) in [7, 11) is 0. The van der Waals surface area contributed by atoms with Gasteiger partial charge < -0.3 is 14.2 Å². The third kappa shape index (κ3) is 9.07. The monoisotopic (exact) mass is 505 g/mol. The average Bonchev–Trinajstić information content (AvgIpc) is 2.91. The fraction of sp³-hybridized carbons (Fsp3) is 0.310. The van der Waals surface area contributed by atoms with Crippen LogP contribution in [0.25, 0.3) is 0 Å². The Morgan fingerprint density at radius 3 is 1.57 bits per heavy atom. The number of non-ortho nitro benzene ring substituents is 1. The van der Waals surface area contributed by atoms with Crippen LogP contribution in [0.15, 0.2) is 72.8 Å². The first-order chi connectivity index (χ1) is 18.0. The molecule has 3 aromatic carbocycles. The van der Waals surface area contributed by atoms with E-state index in [2.05, 4.69) is 6.92 Å². The van der Waals surface area contributed by atoms with Crippen molar-refractivity contribution in [3.63, 3.8) is 0 Å². The fourth-order valence-corrected chi connectivity index (χ4v) is 3.56. The summed E-state index contributed by atoms with van der Waals surface area (Å²) in [5.74, 6) is -0.00541. The maximum absolute atomic E-state index is 12.5. The number of esters is 2. The van der Waals surface area contributed by atoms with Gasteiger partial charge in [0.1, 0.15) is 17.2 Å². The van der Waals surface area contributed by atoms with Gasteiger partial charge in [-0.25, -0.2) is 9.59 Å². The molecular formula is C29H31NO7. The molecule has 37 heavy (non-hydrogen) atoms. The Kier molecular flexibility index (Phi) is 10.6. The third-order valence-corrected chi connectivity index (χ3v) is 5.67. The van der Waals surface area contributed by atoms with Crippen LogP contribution in [0.3, 0.4) is 0 Å². The molecule has 0 N–H and O–H groups in total. The van der Waals surface area contributed by atoms with Gasteiger partial charge in [0, 0.05) is 12.1 Å². The first-order valence-electron chi connectivity index (χ1n) is 12.5. The van der Waals surface area contributed by atoms with Gasteiger partial charge in [0.2, 0.25) is 0 Å². The van der Waals surface area contributed by atoms with Crippen LogP contribution in [-0.2, 0) is 0 Å². The molecule has 8 nitrogen and oxygen atoms in total. The first-order valence-corrected chi connectivity index (χ1v) is 12.5. The van der Waals surface area contributed by atoms with Gasteiger partial charge in [-0.3, -0.25) is 10.1 Å². The van der Waals surface area contributed by atoms with E-state index in [1.165, 1.54) is 80.6 Å². The standard InChI is InChI=1S/C29H31NO7/c1-2-3-4-5-6-7-8-21-35-25-15-9-22(10-16-25)28(31)36-26-17-11-23(12-18-26)29(32)37-27-19-13-24(14-20-27)30(33)34/h9-20H,2-8,21H2,1H3. The Morgan fingerprint density at radius 1 is 0.649 bits per heavy atom. The summed E-state index contributed by atoms with van der Waals surface area (Å²) in [6, 6.07) is 17.9. The Hall–Kier alpha value is -4.20. The van der Waals surface area contributed by atoms with E-state index in [1.54, 1.807) is 24.3 Å². The molecule has 0 aliphatic heterocycles. The van der Waals surface area contributed by atoms with Crippen LogP contribution < -0.4 is 14.2 Å². The molecule has 0 fully saturated rings. The SMILES string of the molecule is CCCCCCCCCOc1ccc(C(=O)Oc2ccc(C(=O)Oc3ccc([N+](=O)[O-])cc3)cc2)cc1. The van der Waals surface area contributed by atoms with Gasteiger partial charge in [-0.15, -0.1) is 0 Å². The zero-order valence-electron chi connectivity index (χ0n) is 20.9. The molecular weight excluding hydrogens is 474 g/mol. The van der Waals surface area contributed by atoms with Crippen molar-refractivity contribution in [2.75, 3.05) is 6.61 Å². The highest BCUT2D eigenvalue weighted by Gasteiger charge is 2.13. The van der Waals surface area contributed by atoms with Crippen LogP contribution in [0.4, 0.5) is 5.69 Å². The maximum Gasteiger partial charge on any atom is 0.343 e. The first kappa shape index (κ1) is 27.4. The van der Waals surface area contributed by atoms with Gasteiger partial charge in [0.15, 0.2) is 0 Å². The molecule has 3 rings (SSSR count). The summed E-state index contributed by atoms with van der Waals surface area (Å²) in [6.45, 7) is 2.86. The summed E-state index contributed by atoms with van der Waals surface area (Å²) in [6.07, 6.45) is 8.53. The Labute approximate surface area is 216 Å². The highest BCUT2D eigenvalue weighted by Crippen LogP contribution is 2.20. The van der Waals surface area contributed by atoms with Crippen molar-refractivity contribution >= 4 is 17.6 Å². The van der Waals surface area contributed by atoms with Crippen molar-refractivity contribution in [1.29, 1.82) is 0 Å². The molecule has 8 heteroatoms. The van der Waals surface area contributed by atoms with Crippen LogP contribution in [0, 0.1) is 10.1 Å². The van der Waals surface area contributed by atoms with E-state index >= 15 is 0 Å². The van der Waals surface area contributed by atoms with Crippen LogP contribution in [0.2, 0.25) is 0 Å². The van der Waals surface area contributed by atoms with Gasteiger partial charge in [0.05, 0.1) is 22.7 Å². The normalized spacial score (nSPS) is 10.5. The van der Waals surface area contributed by atoms with Crippen LogP contribution in [0.5, 0.6) is 17.2 Å². The van der Waals surface area contributed by atoms with Gasteiger partial charge in [0.25, 0.3) is 5.69 Å². The molecule has 0 bridgehead atoms. The predicted octanol–water partition coefficient (Wildman–Crippen LogP) is 7.16. The van der Waals surface area contributed by atoms with Crippen molar-refractivity contribution < 1.29 is 28.7 Å². The number of benzene rings is 3. The molecule has 3 aromatic rings. The highest BCUT2D eigenvalue weighted by molar-refractivity contribution is 5.92. The largest absolute Gasteiger partial charge is 0.494 e. The minimum absolute atomic E-state index is 0.100. The van der Waals surface area contributed by atoms with E-state index in [-0.39, 0.29) is 22.7 Å². The van der Waals surface area contributed by atoms with Crippen molar-refractivity contribution in [3.05, 3.63) is 94.0 Å². The molecule has 0 amide bonds. The summed E-state index contributed by atoms with van der Waals surface area (Å²) in [5, 5.41) is 10.7. The number of carbonyl (C=O) groups excluding carboxylic acids is 2. The molecule has 0 atom stereocenters. The minimum atomic E-state index is -0.640. The summed E-state index contributed by atoms with van der Waals surface area (Å²) >= 11 is 0. The number of hydrogen-bond acceptors (Lipinski definition) is 7. The number of carbonyl (C=O) groups is 2. The van der Waals surface area contributed by atoms with Crippen molar-refractivity contribution in [1.82, 2.24) is 0 Å². The van der Waals surface area contributed by atoms with E-state index in [1.807, 2.05) is 0 Å². The second kappa shape index (κ2) is 14.4. The second-order valence-corrected chi connectivity index (χ2v) is 8.55. The van der Waals surface area contributed by atoms with Crippen LogP contribution >= 0.6 is 0 Å². The van der Waals surface area contributed by atoms with Gasteiger partial charge >= 0.3 is 11.9 Å². The molecule has 0 aliphatic carbocycles. The molecule has 0 aromatic heterocycles. The number of nitro benzene ring substituents is 1. The van der Waals surface area contributed by atoms with Crippen molar-refractivity contribution in [3.8, 4) is 17.2 Å². The lowest BCUT2D eigenvalue weighted by atomic mass is 10.1. The summed E-state index contributed by atoms with van der Waals surface area (Å²) < 4.78 is 16.4. The molecule has 0 radical (unpaired) electrons. The van der Waals surface area contributed by atoms with E-state index in [0.29, 0.717) is 17.9 Å². The quantitative estimate of drug-likeness (QED) is 0.0752. The third-order valence-electron chi connectivity index (χ3n) is 5.67. The van der Waals surface area contributed by atoms with Gasteiger partial charge in [-0.2, -0.15) is 0 Å². The van der Waals surface area contributed by atoms with Crippen molar-refractivity contribution in [2.45, 2.75) is 51.9 Å². The lowest BCUT2D eigenvalue weighted by Crippen LogP contribution is -2.10. The van der Waals surface area contributed by atoms with E-state index in [9.17, 15) is 19.7 Å². The number of nitro groups is 1. The van der Waals surface area contributed by atoms with Crippen LogP contribution in [-0.4, -0.2) is 23.5 Å². The number of nitrogens with zero attached hydrogens (tertiary/aromatic N) is 1. The number of unbranched alkanes of at least 4 members (excludes halogenated alkanes) is 6. The summed E-state index contributed by atoms with van der Waals surface area (Å²) in [5.41, 5.74) is 0.516. The number of rotatable bonds is 14. The van der Waals surface area contributed by atoms with E-state index < -0.39 is 16.9 Å². The van der Waals surface area contributed by atoms with Gasteiger partial charge in [-0.05, 0) is 67.1 Å². The summed E-state index contributed by atoms with van der Waals surface area (Å²) in [4.78, 5) is 35.0. The molecule has 194 valence electrons. The zero-order chi connectivity index (χ0) is 26.5. The Balaban J connectivity index is 1.43. The van der Waals surface area contributed by atoms with Crippen LogP contribution in [0.1, 0.15) is 72.6 Å². The zero-order valence-corrected chi connectivity index (χ0v) is 20.9. The maximum atomic E-state index is 12.5. The number of hydrogen-bond donors (Lipinski definition) is 0. The molecule has 0 spiro atoms. The van der Waals surface area contributed by atoms with Crippen molar-refractivity contribution in [2.24, 2.45) is 0 Å². The second-order valence-electron chi connectivity index (χ2n) is 8.55. The number of ether oxygens (including phenoxy) is 3. The molecule has 0 unspecified atom stereocenters. The highest BCUT2D eigenvalue weighted by atomic mass is 16.6. The molecule has 0 saturated heterocycles. The molecule has 0 aliphatic rings. The Bertz CT molecular complexity index is 1160. The Morgan fingerprint density at radius 2 is 1.08 bits per heavy atom. The lowest BCUT2D eigenvalue weighted by Gasteiger charge is -2.08. The molecule has 0 saturated carbocycles. The average molecular weight is 506 g/mol. The molecule has 0 heterocycles. The predicted molar refractivity (Wildman–Crippen MR) is 139 cm³/mol. The smallest absolute Gasteiger partial charge is 0.343 e. The lowest BCUT2D eigenvalue weighted by molar-refractivity contribution is -0.384.